The van der Waals surface area contributed by atoms with Crippen LogP contribution in [0, 0.1) is 11.8 Å². The molecule has 152 valence electrons. The fourth-order valence-electron chi connectivity index (χ4n) is 3.37. The normalized spacial score (nSPS) is 27.6. The van der Waals surface area contributed by atoms with E-state index in [0.29, 0.717) is 19.3 Å². The van der Waals surface area contributed by atoms with Gasteiger partial charge in [0.2, 0.25) is 0 Å². The highest BCUT2D eigenvalue weighted by Gasteiger charge is 2.38. The molecule has 0 bridgehead atoms. The van der Waals surface area contributed by atoms with Crippen molar-refractivity contribution in [1.29, 1.82) is 0 Å². The van der Waals surface area contributed by atoms with Crippen molar-refractivity contribution >= 4 is 5.97 Å². The third-order valence-electron chi connectivity index (χ3n) is 4.89. The van der Waals surface area contributed by atoms with Gasteiger partial charge in [0.05, 0.1) is 18.3 Å². The number of carbonyl (C=O) groups is 1. The van der Waals surface area contributed by atoms with E-state index in [-0.39, 0.29) is 18.3 Å². The Morgan fingerprint density at radius 3 is 2.30 bits per heavy atom. The maximum absolute atomic E-state index is 10.3. The first-order valence-corrected chi connectivity index (χ1v) is 9.85. The number of carboxylic acid groups (broad SMARTS) is 1. The van der Waals surface area contributed by atoms with Crippen LogP contribution in [0.3, 0.4) is 0 Å². The minimum absolute atomic E-state index is 0.0577. The summed E-state index contributed by atoms with van der Waals surface area (Å²) in [4.78, 5) is 10.3. The Kier molecular flexibility index (Phi) is 11.7. The van der Waals surface area contributed by atoms with E-state index in [4.69, 9.17) is 5.11 Å². The summed E-state index contributed by atoms with van der Waals surface area (Å²) in [7, 11) is 0. The third kappa shape index (κ3) is 9.70. The number of hydrogen-bond acceptors (Lipinski definition) is 4. The average Bonchev–Trinajstić information content (AvgIpc) is 2.90. The smallest absolute Gasteiger partial charge is 0.303 e. The van der Waals surface area contributed by atoms with Gasteiger partial charge in [0.15, 0.2) is 0 Å². The van der Waals surface area contributed by atoms with Gasteiger partial charge in [-0.3, -0.25) is 4.79 Å². The molecule has 0 saturated heterocycles. The van der Waals surface area contributed by atoms with Gasteiger partial charge in [0, 0.05) is 18.8 Å². The third-order valence-corrected chi connectivity index (χ3v) is 4.89. The van der Waals surface area contributed by atoms with E-state index in [2.05, 4.69) is 0 Å². The van der Waals surface area contributed by atoms with Crippen LogP contribution in [0.5, 0.6) is 0 Å². The molecule has 0 unspecified atom stereocenters. The largest absolute Gasteiger partial charge is 0.481 e. The fraction of sp³-hybridized carbons (Fsp3) is 0.591. The first-order valence-electron chi connectivity index (χ1n) is 9.85. The Morgan fingerprint density at radius 1 is 1.04 bits per heavy atom. The Morgan fingerprint density at radius 2 is 1.67 bits per heavy atom. The molecule has 5 atom stereocenters. The highest BCUT2D eigenvalue weighted by Crippen LogP contribution is 2.35. The van der Waals surface area contributed by atoms with Gasteiger partial charge in [-0.25, -0.2) is 0 Å². The van der Waals surface area contributed by atoms with Gasteiger partial charge in [-0.2, -0.15) is 0 Å². The number of aliphatic hydroxyl groups is 3. The van der Waals surface area contributed by atoms with Gasteiger partial charge in [0.25, 0.3) is 0 Å². The summed E-state index contributed by atoms with van der Waals surface area (Å²) >= 11 is 0. The topological polar surface area (TPSA) is 98.0 Å². The van der Waals surface area contributed by atoms with Crippen LogP contribution in [0.15, 0.2) is 48.6 Å². The predicted molar refractivity (Wildman–Crippen MR) is 107 cm³/mol. The second-order valence-electron chi connectivity index (χ2n) is 7.03. The van der Waals surface area contributed by atoms with E-state index in [1.165, 1.54) is 0 Å². The molecule has 5 nitrogen and oxygen atoms in total. The molecule has 0 aromatic carbocycles. The number of rotatable bonds is 12. The molecule has 0 aromatic heterocycles. The molecule has 1 aliphatic rings. The number of carboxylic acids is 1. The summed E-state index contributed by atoms with van der Waals surface area (Å²) in [6, 6.07) is 0. The summed E-state index contributed by atoms with van der Waals surface area (Å²) < 4.78 is 0. The first kappa shape index (κ1) is 23.3. The lowest BCUT2D eigenvalue weighted by molar-refractivity contribution is -0.136. The Labute approximate surface area is 162 Å². The monoisotopic (exact) mass is 378 g/mol. The Hall–Kier alpha value is -1.69. The second-order valence-corrected chi connectivity index (χ2v) is 7.03. The maximum Gasteiger partial charge on any atom is 0.303 e. The van der Waals surface area contributed by atoms with Gasteiger partial charge in [0.1, 0.15) is 0 Å². The molecule has 27 heavy (non-hydrogen) atoms. The van der Waals surface area contributed by atoms with Crippen molar-refractivity contribution in [1.82, 2.24) is 0 Å². The molecule has 0 aromatic rings. The lowest BCUT2D eigenvalue weighted by atomic mass is 9.90. The summed E-state index contributed by atoms with van der Waals surface area (Å²) in [6.07, 6.45) is 17.8. The van der Waals surface area contributed by atoms with Crippen LogP contribution >= 0.6 is 0 Å². The van der Waals surface area contributed by atoms with Crippen molar-refractivity contribution in [2.24, 2.45) is 11.8 Å². The van der Waals surface area contributed by atoms with Crippen molar-refractivity contribution in [2.75, 3.05) is 0 Å². The molecule has 1 fully saturated rings. The van der Waals surface area contributed by atoms with Crippen LogP contribution in [0.4, 0.5) is 0 Å². The van der Waals surface area contributed by atoms with Crippen LogP contribution in [0.1, 0.15) is 51.9 Å². The van der Waals surface area contributed by atoms with E-state index < -0.39 is 24.3 Å². The van der Waals surface area contributed by atoms with E-state index >= 15 is 0 Å². The first-order chi connectivity index (χ1) is 13.0. The molecule has 0 amide bonds. The minimum Gasteiger partial charge on any atom is -0.481 e. The van der Waals surface area contributed by atoms with E-state index in [9.17, 15) is 20.1 Å². The van der Waals surface area contributed by atoms with Gasteiger partial charge in [-0.1, -0.05) is 62.0 Å². The second kappa shape index (κ2) is 13.5. The van der Waals surface area contributed by atoms with Gasteiger partial charge >= 0.3 is 5.97 Å². The number of allylic oxidation sites excluding steroid dienone is 5. The molecule has 4 N–H and O–H groups in total. The zero-order chi connectivity index (χ0) is 20.1. The zero-order valence-corrected chi connectivity index (χ0v) is 16.2. The zero-order valence-electron chi connectivity index (χ0n) is 16.2. The standard InChI is InChI=1S/C22H34O5/c1-2-18-19(21(25)16-20(18)24)15-14-17(23)12-10-8-6-4-3-5-7-9-11-13-22(26)27/h3-4,7-10,14-15,17-21,23-25H,2,5-6,11-13,16H2,1H3,(H,26,27)/b4-3-,9-7-,10-8-,15-14+/t17-,18+,19+,20+,21-/m0/s1. The molecule has 0 spiro atoms. The molecule has 0 aliphatic heterocycles. The van der Waals surface area contributed by atoms with Gasteiger partial charge in [-0.15, -0.1) is 0 Å². The minimum atomic E-state index is -0.778. The molecular formula is C22H34O5. The molecular weight excluding hydrogens is 344 g/mol. The molecule has 0 radical (unpaired) electrons. The Balaban J connectivity index is 2.21. The van der Waals surface area contributed by atoms with Crippen LogP contribution in [-0.4, -0.2) is 44.7 Å². The van der Waals surface area contributed by atoms with Crippen molar-refractivity contribution in [3.05, 3.63) is 48.6 Å². The van der Waals surface area contributed by atoms with Crippen LogP contribution in [0.2, 0.25) is 0 Å². The van der Waals surface area contributed by atoms with Gasteiger partial charge < -0.3 is 20.4 Å². The van der Waals surface area contributed by atoms with Crippen molar-refractivity contribution in [2.45, 2.75) is 70.2 Å². The molecule has 1 rings (SSSR count). The highest BCUT2D eigenvalue weighted by molar-refractivity contribution is 5.66. The summed E-state index contributed by atoms with van der Waals surface area (Å²) in [6.45, 7) is 2.01. The van der Waals surface area contributed by atoms with Crippen molar-refractivity contribution in [3.63, 3.8) is 0 Å². The van der Waals surface area contributed by atoms with E-state index in [1.54, 1.807) is 6.08 Å². The summed E-state index contributed by atoms with van der Waals surface area (Å²) in [5, 5.41) is 38.5. The quantitative estimate of drug-likeness (QED) is 0.390. The van der Waals surface area contributed by atoms with Crippen LogP contribution in [0.25, 0.3) is 0 Å². The van der Waals surface area contributed by atoms with Crippen LogP contribution < -0.4 is 0 Å². The van der Waals surface area contributed by atoms with Crippen molar-refractivity contribution < 1.29 is 25.2 Å². The summed E-state index contributed by atoms with van der Waals surface area (Å²) in [5.41, 5.74) is 0. The molecule has 1 saturated carbocycles. The Bertz CT molecular complexity index is 535. The maximum atomic E-state index is 10.3. The lowest BCUT2D eigenvalue weighted by Crippen LogP contribution is -2.20. The van der Waals surface area contributed by atoms with Gasteiger partial charge in [-0.05, 0) is 31.6 Å². The van der Waals surface area contributed by atoms with Crippen LogP contribution in [-0.2, 0) is 4.79 Å². The van der Waals surface area contributed by atoms with E-state index in [0.717, 1.165) is 19.3 Å². The fourth-order valence-corrected chi connectivity index (χ4v) is 3.37. The highest BCUT2D eigenvalue weighted by atomic mass is 16.4. The SMILES string of the molecule is CC[C@@H]1[C@@H](/C=C/[C@@H](O)C/C=C\C/C=C\C/C=C\CCC(=O)O)[C@@H](O)C[C@H]1O. The lowest BCUT2D eigenvalue weighted by Gasteiger charge is -2.19. The number of hydrogen-bond donors (Lipinski definition) is 4. The molecule has 0 heterocycles. The average molecular weight is 379 g/mol. The molecule has 1 aliphatic carbocycles. The summed E-state index contributed by atoms with van der Waals surface area (Å²) in [5.74, 6) is -0.808. The number of aliphatic hydroxyl groups excluding tert-OH is 3. The predicted octanol–water partition coefficient (Wildman–Crippen LogP) is 3.38. The van der Waals surface area contributed by atoms with E-state index in [1.807, 2.05) is 49.5 Å². The molecule has 5 heteroatoms. The van der Waals surface area contributed by atoms with Crippen molar-refractivity contribution in [3.8, 4) is 0 Å². The number of aliphatic carboxylic acids is 1.